The highest BCUT2D eigenvalue weighted by Crippen LogP contribution is 2.51. The highest BCUT2D eigenvalue weighted by atomic mass is 16.5. The summed E-state index contributed by atoms with van der Waals surface area (Å²) >= 11 is 0. The molecule has 5 heteroatoms. The lowest BCUT2D eigenvalue weighted by atomic mass is 9.68. The molecule has 3 rings (SSSR count). The molecular weight excluding hydrogens is 326 g/mol. The van der Waals surface area contributed by atoms with Gasteiger partial charge in [-0.15, -0.1) is 0 Å². The minimum atomic E-state index is -0.594. The maximum absolute atomic E-state index is 13.0. The van der Waals surface area contributed by atoms with E-state index in [2.05, 4.69) is 11.8 Å². The molecule has 1 unspecified atom stereocenters. The average Bonchev–Trinajstić information content (AvgIpc) is 3.31. The van der Waals surface area contributed by atoms with E-state index >= 15 is 0 Å². The molecule has 0 radical (unpaired) electrons. The molecule has 0 aromatic carbocycles. The van der Waals surface area contributed by atoms with Crippen molar-refractivity contribution in [2.45, 2.75) is 89.8 Å². The Kier molecular flexibility index (Phi) is 6.63. The van der Waals surface area contributed by atoms with Crippen molar-refractivity contribution < 1.29 is 9.53 Å². The van der Waals surface area contributed by atoms with E-state index in [0.717, 1.165) is 25.9 Å². The van der Waals surface area contributed by atoms with Crippen LogP contribution in [0.4, 0.5) is 0 Å². The van der Waals surface area contributed by atoms with Gasteiger partial charge in [0.1, 0.15) is 0 Å². The molecule has 1 heterocycles. The SMILES string of the molecule is CCOCC(C)(N)N(CC(=O)N1CCCC1)[C@H]1CCCCC12CCCC2. The number of amides is 1. The van der Waals surface area contributed by atoms with Gasteiger partial charge in [0.25, 0.3) is 0 Å². The van der Waals surface area contributed by atoms with Crippen molar-refractivity contribution in [1.82, 2.24) is 9.80 Å². The van der Waals surface area contributed by atoms with Crippen LogP contribution in [0.5, 0.6) is 0 Å². The van der Waals surface area contributed by atoms with Gasteiger partial charge in [-0.3, -0.25) is 9.69 Å². The zero-order chi connectivity index (χ0) is 18.6. The predicted molar refractivity (Wildman–Crippen MR) is 105 cm³/mol. The summed E-state index contributed by atoms with van der Waals surface area (Å²) in [6.07, 6.45) is 12.6. The van der Waals surface area contributed by atoms with Gasteiger partial charge in [0.15, 0.2) is 0 Å². The van der Waals surface area contributed by atoms with Crippen LogP contribution in [0.25, 0.3) is 0 Å². The highest BCUT2D eigenvalue weighted by Gasteiger charge is 2.49. The lowest BCUT2D eigenvalue weighted by Crippen LogP contribution is -2.66. The van der Waals surface area contributed by atoms with E-state index in [4.69, 9.17) is 10.5 Å². The first-order valence-corrected chi connectivity index (χ1v) is 10.9. The van der Waals surface area contributed by atoms with E-state index in [9.17, 15) is 4.79 Å². The second-order valence-electron chi connectivity index (χ2n) is 9.04. The van der Waals surface area contributed by atoms with Crippen LogP contribution in [0.2, 0.25) is 0 Å². The summed E-state index contributed by atoms with van der Waals surface area (Å²) in [6, 6.07) is 0.417. The zero-order valence-corrected chi connectivity index (χ0v) is 17.0. The fraction of sp³-hybridized carbons (Fsp3) is 0.952. The fourth-order valence-corrected chi connectivity index (χ4v) is 5.69. The van der Waals surface area contributed by atoms with Gasteiger partial charge < -0.3 is 15.4 Å². The third-order valence-corrected chi connectivity index (χ3v) is 7.10. The Morgan fingerprint density at radius 2 is 1.77 bits per heavy atom. The Hall–Kier alpha value is -0.650. The van der Waals surface area contributed by atoms with E-state index in [0.29, 0.717) is 31.2 Å². The summed E-state index contributed by atoms with van der Waals surface area (Å²) in [4.78, 5) is 17.4. The summed E-state index contributed by atoms with van der Waals surface area (Å²) in [5, 5.41) is 0. The summed E-state index contributed by atoms with van der Waals surface area (Å²) < 4.78 is 5.74. The number of likely N-dealkylation sites (tertiary alicyclic amines) is 1. The first kappa shape index (κ1) is 20.1. The first-order chi connectivity index (χ1) is 12.5. The van der Waals surface area contributed by atoms with Gasteiger partial charge >= 0.3 is 0 Å². The molecule has 2 atom stereocenters. The number of carbonyl (C=O) groups excluding carboxylic acids is 1. The maximum Gasteiger partial charge on any atom is 0.236 e. The van der Waals surface area contributed by atoms with E-state index in [1.807, 2.05) is 11.8 Å². The van der Waals surface area contributed by atoms with Gasteiger partial charge in [0.2, 0.25) is 5.91 Å². The van der Waals surface area contributed by atoms with Crippen molar-refractivity contribution in [2.24, 2.45) is 11.1 Å². The molecule has 3 fully saturated rings. The molecule has 0 bridgehead atoms. The molecule has 2 aliphatic carbocycles. The fourth-order valence-electron chi connectivity index (χ4n) is 5.69. The van der Waals surface area contributed by atoms with Crippen molar-refractivity contribution in [3.8, 4) is 0 Å². The minimum Gasteiger partial charge on any atom is -0.378 e. The molecule has 5 nitrogen and oxygen atoms in total. The summed E-state index contributed by atoms with van der Waals surface area (Å²) in [5.74, 6) is 0.259. The standard InChI is InChI=1S/C21H39N3O2/c1-3-26-17-20(2,22)24(16-19(25)23-14-8-9-15-23)18-10-4-5-11-21(18)12-6-7-13-21/h18H,3-17,22H2,1-2H3/t18-,20?/m0/s1. The third kappa shape index (κ3) is 4.26. The number of rotatable bonds is 7. The Balaban J connectivity index is 1.82. The van der Waals surface area contributed by atoms with Crippen LogP contribution in [0.3, 0.4) is 0 Å². The number of ether oxygens (including phenoxy) is 1. The van der Waals surface area contributed by atoms with E-state index < -0.39 is 5.66 Å². The van der Waals surface area contributed by atoms with Crippen LogP contribution in [-0.2, 0) is 9.53 Å². The van der Waals surface area contributed by atoms with Gasteiger partial charge in [-0.1, -0.05) is 25.7 Å². The first-order valence-electron chi connectivity index (χ1n) is 10.9. The summed E-state index contributed by atoms with van der Waals surface area (Å²) in [7, 11) is 0. The molecule has 1 spiro atoms. The Morgan fingerprint density at radius 1 is 1.15 bits per heavy atom. The topological polar surface area (TPSA) is 58.8 Å². The monoisotopic (exact) mass is 365 g/mol. The van der Waals surface area contributed by atoms with Gasteiger partial charge in [-0.25, -0.2) is 0 Å². The van der Waals surface area contributed by atoms with E-state index in [-0.39, 0.29) is 5.91 Å². The van der Waals surface area contributed by atoms with Crippen LogP contribution in [0.1, 0.15) is 78.1 Å². The molecule has 0 aromatic rings. The smallest absolute Gasteiger partial charge is 0.236 e. The molecule has 2 N–H and O–H groups in total. The third-order valence-electron chi connectivity index (χ3n) is 7.10. The Morgan fingerprint density at radius 3 is 2.38 bits per heavy atom. The maximum atomic E-state index is 13.0. The van der Waals surface area contributed by atoms with Gasteiger partial charge in [0, 0.05) is 25.7 Å². The molecule has 150 valence electrons. The quantitative estimate of drug-likeness (QED) is 0.704. The largest absolute Gasteiger partial charge is 0.378 e. The molecule has 3 aliphatic rings. The van der Waals surface area contributed by atoms with Crippen LogP contribution in [0.15, 0.2) is 0 Å². The molecule has 1 saturated heterocycles. The minimum absolute atomic E-state index is 0.259. The summed E-state index contributed by atoms with van der Waals surface area (Å²) in [5.41, 5.74) is 6.58. The van der Waals surface area contributed by atoms with Crippen molar-refractivity contribution in [3.05, 3.63) is 0 Å². The highest BCUT2D eigenvalue weighted by molar-refractivity contribution is 5.78. The van der Waals surface area contributed by atoms with Crippen molar-refractivity contribution in [3.63, 3.8) is 0 Å². The van der Waals surface area contributed by atoms with Crippen molar-refractivity contribution >= 4 is 5.91 Å². The van der Waals surface area contributed by atoms with Gasteiger partial charge in [-0.2, -0.15) is 0 Å². The van der Waals surface area contributed by atoms with Crippen LogP contribution in [0, 0.1) is 5.41 Å². The average molecular weight is 366 g/mol. The predicted octanol–water partition coefficient (Wildman–Crippen LogP) is 3.13. The number of nitrogens with zero attached hydrogens (tertiary/aromatic N) is 2. The van der Waals surface area contributed by atoms with E-state index in [1.165, 1.54) is 51.4 Å². The van der Waals surface area contributed by atoms with Crippen LogP contribution in [-0.4, -0.2) is 60.3 Å². The molecule has 0 aromatic heterocycles. The van der Waals surface area contributed by atoms with Crippen LogP contribution >= 0.6 is 0 Å². The van der Waals surface area contributed by atoms with Crippen LogP contribution < -0.4 is 5.73 Å². The van der Waals surface area contributed by atoms with Gasteiger partial charge in [-0.05, 0) is 57.8 Å². The summed E-state index contributed by atoms with van der Waals surface area (Å²) in [6.45, 7) is 7.50. The molecular formula is C21H39N3O2. The lowest BCUT2D eigenvalue weighted by molar-refractivity contribution is -0.138. The second kappa shape index (κ2) is 8.57. The molecule has 2 saturated carbocycles. The van der Waals surface area contributed by atoms with E-state index in [1.54, 1.807) is 0 Å². The number of nitrogens with two attached hydrogens (primary N) is 1. The van der Waals surface area contributed by atoms with Gasteiger partial charge in [0.05, 0.1) is 18.8 Å². The number of hydrogen-bond acceptors (Lipinski definition) is 4. The number of hydrogen-bond donors (Lipinski definition) is 1. The normalized spacial score (nSPS) is 28.0. The zero-order valence-electron chi connectivity index (χ0n) is 17.0. The van der Waals surface area contributed by atoms with Crippen molar-refractivity contribution in [1.29, 1.82) is 0 Å². The molecule has 1 amide bonds. The second-order valence-corrected chi connectivity index (χ2v) is 9.04. The Bertz CT molecular complexity index is 468. The molecule has 1 aliphatic heterocycles. The molecule has 26 heavy (non-hydrogen) atoms. The van der Waals surface area contributed by atoms with Crippen molar-refractivity contribution in [2.75, 3.05) is 32.8 Å². The Labute approximate surface area is 159 Å². The number of carbonyl (C=O) groups is 1. The lowest BCUT2D eigenvalue weighted by Gasteiger charge is -2.52.